The summed E-state index contributed by atoms with van der Waals surface area (Å²) in [4.78, 5) is 10.8. The van der Waals surface area contributed by atoms with Crippen LogP contribution in [0.2, 0.25) is 0 Å². The first-order valence-corrected chi connectivity index (χ1v) is 6.92. The lowest BCUT2D eigenvalue weighted by molar-refractivity contribution is 0.0697. The Morgan fingerprint density at radius 1 is 1.05 bits per heavy atom. The highest BCUT2D eigenvalue weighted by Gasteiger charge is 2.18. The molecule has 0 saturated carbocycles. The van der Waals surface area contributed by atoms with Crippen molar-refractivity contribution in [1.29, 1.82) is 0 Å². The molecule has 0 unspecified atom stereocenters. The molecule has 21 heavy (non-hydrogen) atoms. The number of para-hydroxylation sites is 1. The van der Waals surface area contributed by atoms with E-state index in [0.29, 0.717) is 6.61 Å². The molecule has 0 amide bonds. The van der Waals surface area contributed by atoms with Crippen molar-refractivity contribution in [3.63, 3.8) is 0 Å². The normalized spacial score (nSPS) is 11.2. The van der Waals surface area contributed by atoms with Crippen molar-refractivity contribution in [1.82, 2.24) is 0 Å². The monoisotopic (exact) mass is 284 g/mol. The van der Waals surface area contributed by atoms with E-state index in [2.05, 4.69) is 26.8 Å². The van der Waals surface area contributed by atoms with Crippen LogP contribution in [-0.4, -0.2) is 11.1 Å². The van der Waals surface area contributed by atoms with Gasteiger partial charge in [0.25, 0.3) is 0 Å². The fourth-order valence-electron chi connectivity index (χ4n) is 2.12. The Hall–Kier alpha value is -2.29. The summed E-state index contributed by atoms with van der Waals surface area (Å²) in [6, 6.07) is 14.8. The summed E-state index contributed by atoms with van der Waals surface area (Å²) in [5.41, 5.74) is 2.41. The quantitative estimate of drug-likeness (QED) is 0.912. The van der Waals surface area contributed by atoms with E-state index in [4.69, 9.17) is 9.84 Å². The number of carbonyl (C=O) groups is 1. The van der Waals surface area contributed by atoms with Crippen molar-refractivity contribution in [2.45, 2.75) is 32.8 Å². The lowest BCUT2D eigenvalue weighted by Crippen LogP contribution is -2.13. The van der Waals surface area contributed by atoms with Gasteiger partial charge in [-0.2, -0.15) is 0 Å². The van der Waals surface area contributed by atoms with Gasteiger partial charge >= 0.3 is 5.97 Å². The first-order chi connectivity index (χ1) is 9.88. The first kappa shape index (κ1) is 15.1. The van der Waals surface area contributed by atoms with Crippen molar-refractivity contribution < 1.29 is 14.6 Å². The van der Waals surface area contributed by atoms with Gasteiger partial charge in [0.1, 0.15) is 12.4 Å². The molecule has 0 spiro atoms. The summed E-state index contributed by atoms with van der Waals surface area (Å²) in [5, 5.41) is 8.88. The van der Waals surface area contributed by atoms with E-state index >= 15 is 0 Å². The molecule has 0 atom stereocenters. The van der Waals surface area contributed by atoms with Gasteiger partial charge in [0.2, 0.25) is 0 Å². The van der Waals surface area contributed by atoms with E-state index in [9.17, 15) is 4.79 Å². The van der Waals surface area contributed by atoms with Crippen molar-refractivity contribution in [2.24, 2.45) is 0 Å². The SMILES string of the molecule is CC(C)(C)c1ccccc1OCc1ccc(C(=O)O)cc1. The average Bonchev–Trinajstić information content (AvgIpc) is 2.45. The van der Waals surface area contributed by atoms with E-state index in [0.717, 1.165) is 16.9 Å². The van der Waals surface area contributed by atoms with Crippen molar-refractivity contribution in [3.8, 4) is 5.75 Å². The second kappa shape index (κ2) is 6.00. The van der Waals surface area contributed by atoms with Crippen molar-refractivity contribution in [2.75, 3.05) is 0 Å². The van der Waals surface area contributed by atoms with Crippen LogP contribution in [-0.2, 0) is 12.0 Å². The van der Waals surface area contributed by atoms with Gasteiger partial charge in [0.05, 0.1) is 5.56 Å². The van der Waals surface area contributed by atoms with Crippen LogP contribution in [0.5, 0.6) is 5.75 Å². The molecular weight excluding hydrogens is 264 g/mol. The molecule has 0 fully saturated rings. The maximum absolute atomic E-state index is 10.8. The zero-order chi connectivity index (χ0) is 15.5. The average molecular weight is 284 g/mol. The standard InChI is InChI=1S/C18H20O3/c1-18(2,3)15-6-4-5-7-16(15)21-12-13-8-10-14(11-9-13)17(19)20/h4-11H,12H2,1-3H3,(H,19,20). The van der Waals surface area contributed by atoms with Gasteiger partial charge in [0.15, 0.2) is 0 Å². The largest absolute Gasteiger partial charge is 0.489 e. The van der Waals surface area contributed by atoms with Gasteiger partial charge in [-0.3, -0.25) is 0 Å². The minimum atomic E-state index is -0.916. The van der Waals surface area contributed by atoms with Crippen LogP contribution < -0.4 is 4.74 Å². The minimum Gasteiger partial charge on any atom is -0.489 e. The number of ether oxygens (including phenoxy) is 1. The van der Waals surface area contributed by atoms with Gasteiger partial charge in [-0.15, -0.1) is 0 Å². The van der Waals surface area contributed by atoms with Crippen LogP contribution in [0.4, 0.5) is 0 Å². The number of carboxylic acids is 1. The van der Waals surface area contributed by atoms with Crippen molar-refractivity contribution >= 4 is 5.97 Å². The maximum atomic E-state index is 10.8. The topological polar surface area (TPSA) is 46.5 Å². The predicted molar refractivity (Wildman–Crippen MR) is 82.9 cm³/mol. The molecule has 0 bridgehead atoms. The molecule has 3 nitrogen and oxygen atoms in total. The van der Waals surface area contributed by atoms with Gasteiger partial charge in [-0.05, 0) is 34.7 Å². The van der Waals surface area contributed by atoms with Crippen LogP contribution in [0.25, 0.3) is 0 Å². The van der Waals surface area contributed by atoms with E-state index in [1.807, 2.05) is 18.2 Å². The van der Waals surface area contributed by atoms with E-state index in [1.54, 1.807) is 24.3 Å². The molecule has 0 aliphatic rings. The number of rotatable bonds is 4. The Kier molecular flexibility index (Phi) is 4.32. The summed E-state index contributed by atoms with van der Waals surface area (Å²) < 4.78 is 5.90. The van der Waals surface area contributed by atoms with Crippen LogP contribution in [0.15, 0.2) is 48.5 Å². The highest BCUT2D eigenvalue weighted by molar-refractivity contribution is 5.87. The second-order valence-corrected chi connectivity index (χ2v) is 6.04. The Morgan fingerprint density at radius 2 is 1.67 bits per heavy atom. The highest BCUT2D eigenvalue weighted by Crippen LogP contribution is 2.31. The summed E-state index contributed by atoms with van der Waals surface area (Å²) in [6.07, 6.45) is 0. The van der Waals surface area contributed by atoms with Crippen molar-refractivity contribution in [3.05, 3.63) is 65.2 Å². The van der Waals surface area contributed by atoms with E-state index in [1.165, 1.54) is 0 Å². The van der Waals surface area contributed by atoms with E-state index in [-0.39, 0.29) is 11.0 Å². The Morgan fingerprint density at radius 3 is 2.24 bits per heavy atom. The fourth-order valence-corrected chi connectivity index (χ4v) is 2.12. The third kappa shape index (κ3) is 3.85. The van der Waals surface area contributed by atoms with Gasteiger partial charge in [-0.25, -0.2) is 4.79 Å². The zero-order valence-electron chi connectivity index (χ0n) is 12.6. The lowest BCUT2D eigenvalue weighted by atomic mass is 9.86. The number of hydrogen-bond acceptors (Lipinski definition) is 2. The molecule has 110 valence electrons. The molecule has 0 aromatic heterocycles. The summed E-state index contributed by atoms with van der Waals surface area (Å²) in [5.74, 6) is -0.0483. The molecule has 2 aromatic rings. The van der Waals surface area contributed by atoms with Crippen LogP contribution in [0.1, 0.15) is 42.3 Å². The smallest absolute Gasteiger partial charge is 0.335 e. The molecule has 0 aliphatic carbocycles. The summed E-state index contributed by atoms with van der Waals surface area (Å²) >= 11 is 0. The summed E-state index contributed by atoms with van der Waals surface area (Å²) in [7, 11) is 0. The Labute approximate surface area is 125 Å². The molecule has 2 aromatic carbocycles. The number of benzene rings is 2. The number of aromatic carboxylic acids is 1. The molecule has 0 aliphatic heterocycles. The van der Waals surface area contributed by atoms with E-state index < -0.39 is 5.97 Å². The lowest BCUT2D eigenvalue weighted by Gasteiger charge is -2.22. The minimum absolute atomic E-state index is 0.0176. The summed E-state index contributed by atoms with van der Waals surface area (Å²) in [6.45, 7) is 6.87. The van der Waals surface area contributed by atoms with Gasteiger partial charge in [0, 0.05) is 0 Å². The van der Waals surface area contributed by atoms with Crippen LogP contribution in [0, 0.1) is 0 Å². The third-order valence-corrected chi connectivity index (χ3v) is 3.29. The highest BCUT2D eigenvalue weighted by atomic mass is 16.5. The Bertz CT molecular complexity index is 622. The maximum Gasteiger partial charge on any atom is 0.335 e. The molecule has 3 heteroatoms. The van der Waals surface area contributed by atoms with Crippen LogP contribution in [0.3, 0.4) is 0 Å². The molecular formula is C18H20O3. The fraction of sp³-hybridized carbons (Fsp3) is 0.278. The second-order valence-electron chi connectivity index (χ2n) is 6.04. The predicted octanol–water partition coefficient (Wildman–Crippen LogP) is 4.26. The molecule has 0 radical (unpaired) electrons. The zero-order valence-corrected chi connectivity index (χ0v) is 12.6. The molecule has 0 saturated heterocycles. The molecule has 2 rings (SSSR count). The molecule has 1 N–H and O–H groups in total. The first-order valence-electron chi connectivity index (χ1n) is 6.92. The number of hydrogen-bond donors (Lipinski definition) is 1. The van der Waals surface area contributed by atoms with Gasteiger partial charge in [-0.1, -0.05) is 51.1 Å². The molecule has 0 heterocycles. The third-order valence-electron chi connectivity index (χ3n) is 3.29. The Balaban J connectivity index is 2.12. The van der Waals surface area contributed by atoms with Gasteiger partial charge < -0.3 is 9.84 Å². The van der Waals surface area contributed by atoms with Crippen LogP contribution >= 0.6 is 0 Å². The number of carboxylic acid groups (broad SMARTS) is 1.